The van der Waals surface area contributed by atoms with Crippen LogP contribution in [0, 0.1) is 0 Å². The van der Waals surface area contributed by atoms with Crippen LogP contribution in [0.3, 0.4) is 0 Å². The highest BCUT2D eigenvalue weighted by molar-refractivity contribution is 4.81. The van der Waals surface area contributed by atoms with E-state index >= 15 is 0 Å². The summed E-state index contributed by atoms with van der Waals surface area (Å²) in [4.78, 5) is 0. The summed E-state index contributed by atoms with van der Waals surface area (Å²) in [6.45, 7) is 2.96. The minimum Gasteiger partial charge on any atom is -0.356 e. The number of hydrogen-bond donors (Lipinski definition) is 3. The Bertz CT molecular complexity index is 229. The molecule has 0 heterocycles. The van der Waals surface area contributed by atoms with E-state index in [-0.39, 0.29) is 0 Å². The van der Waals surface area contributed by atoms with Crippen molar-refractivity contribution in [3.05, 3.63) is 12.2 Å². The molecule has 0 aliphatic carbocycles. The molecule has 0 saturated carbocycles. The number of unbranched alkanes of at least 4 members (excludes halogenated alkanes) is 12. The van der Waals surface area contributed by atoms with E-state index in [0.717, 1.165) is 6.42 Å². The zero-order valence-corrected chi connectivity index (χ0v) is 14.7. The molecule has 0 aromatic heterocycles. The van der Waals surface area contributed by atoms with E-state index < -0.39 is 6.41 Å². The second-order valence-electron chi connectivity index (χ2n) is 6.27. The van der Waals surface area contributed by atoms with Crippen molar-refractivity contribution in [2.75, 3.05) is 6.54 Å². The van der Waals surface area contributed by atoms with Gasteiger partial charge in [0.05, 0.1) is 0 Å². The molecule has 0 amide bonds. The van der Waals surface area contributed by atoms with E-state index in [1.807, 2.05) is 0 Å². The van der Waals surface area contributed by atoms with Gasteiger partial charge in [0.25, 0.3) is 0 Å². The lowest BCUT2D eigenvalue weighted by atomic mass is 10.1. The van der Waals surface area contributed by atoms with Gasteiger partial charge in [-0.1, -0.05) is 76.9 Å². The van der Waals surface area contributed by atoms with Gasteiger partial charge in [-0.15, -0.1) is 0 Å². The van der Waals surface area contributed by atoms with Gasteiger partial charge < -0.3 is 10.2 Å². The van der Waals surface area contributed by atoms with Crippen LogP contribution in [0.2, 0.25) is 0 Å². The Morgan fingerprint density at radius 3 is 1.64 bits per heavy atom. The summed E-state index contributed by atoms with van der Waals surface area (Å²) in [7, 11) is 0. The molecule has 0 unspecified atom stereocenters. The van der Waals surface area contributed by atoms with E-state index in [1.165, 1.54) is 83.5 Å². The average Bonchev–Trinajstić information content (AvgIpc) is 2.50. The van der Waals surface area contributed by atoms with Gasteiger partial charge in [0.1, 0.15) is 0 Å². The van der Waals surface area contributed by atoms with Gasteiger partial charge in [-0.3, -0.25) is 5.32 Å². The zero-order chi connectivity index (χ0) is 16.3. The summed E-state index contributed by atoms with van der Waals surface area (Å²) in [5, 5.41) is 19.8. The third-order valence-electron chi connectivity index (χ3n) is 4.02. The Balaban J connectivity index is 3.05. The highest BCUT2D eigenvalue weighted by atomic mass is 16.5. The van der Waals surface area contributed by atoms with Gasteiger partial charge >= 0.3 is 0 Å². The normalized spacial score (nSPS) is 11.8. The molecule has 0 spiro atoms. The first-order valence-corrected chi connectivity index (χ1v) is 9.52. The van der Waals surface area contributed by atoms with Gasteiger partial charge in [-0.05, 0) is 38.6 Å². The molecule has 3 heteroatoms. The van der Waals surface area contributed by atoms with E-state index in [2.05, 4.69) is 24.4 Å². The highest BCUT2D eigenvalue weighted by Gasteiger charge is 1.94. The lowest BCUT2D eigenvalue weighted by molar-refractivity contribution is -0.0655. The topological polar surface area (TPSA) is 52.5 Å². The summed E-state index contributed by atoms with van der Waals surface area (Å²) in [6.07, 6.45) is 21.5. The van der Waals surface area contributed by atoms with Crippen LogP contribution in [0.1, 0.15) is 96.8 Å². The lowest BCUT2D eigenvalue weighted by Gasteiger charge is -2.05. The van der Waals surface area contributed by atoms with Crippen molar-refractivity contribution < 1.29 is 10.2 Å². The summed E-state index contributed by atoms with van der Waals surface area (Å²) >= 11 is 0. The number of hydrogen-bond acceptors (Lipinski definition) is 3. The van der Waals surface area contributed by atoms with Crippen molar-refractivity contribution in [3.63, 3.8) is 0 Å². The number of rotatable bonds is 17. The fraction of sp³-hybridized carbons (Fsp3) is 0.895. The first-order valence-electron chi connectivity index (χ1n) is 9.52. The second-order valence-corrected chi connectivity index (χ2v) is 6.27. The van der Waals surface area contributed by atoms with Gasteiger partial charge in [0.15, 0.2) is 0 Å². The fourth-order valence-electron chi connectivity index (χ4n) is 2.60. The van der Waals surface area contributed by atoms with Crippen molar-refractivity contribution in [2.45, 2.75) is 103 Å². The Morgan fingerprint density at radius 2 is 1.14 bits per heavy atom. The lowest BCUT2D eigenvalue weighted by Crippen LogP contribution is -2.28. The van der Waals surface area contributed by atoms with Crippen LogP contribution >= 0.6 is 0 Å². The van der Waals surface area contributed by atoms with Crippen molar-refractivity contribution in [1.29, 1.82) is 0 Å². The van der Waals surface area contributed by atoms with Gasteiger partial charge in [0.2, 0.25) is 6.41 Å². The van der Waals surface area contributed by atoms with Crippen LogP contribution < -0.4 is 5.32 Å². The molecule has 0 atom stereocenters. The second kappa shape index (κ2) is 18.7. The van der Waals surface area contributed by atoms with E-state index in [4.69, 9.17) is 10.2 Å². The molecule has 22 heavy (non-hydrogen) atoms. The minimum atomic E-state index is -1.36. The molecule has 0 aromatic rings. The molecule has 3 N–H and O–H groups in total. The molecule has 0 fully saturated rings. The number of aliphatic hydroxyl groups is 2. The maximum absolute atomic E-state index is 8.62. The molecule has 0 aliphatic heterocycles. The third-order valence-corrected chi connectivity index (χ3v) is 4.02. The molecule has 0 saturated heterocycles. The molecule has 0 aliphatic rings. The van der Waals surface area contributed by atoms with Gasteiger partial charge in [-0.25, -0.2) is 0 Å². The number of allylic oxidation sites excluding steroid dienone is 2. The third kappa shape index (κ3) is 19.6. The summed E-state index contributed by atoms with van der Waals surface area (Å²) < 4.78 is 0. The van der Waals surface area contributed by atoms with Crippen LogP contribution in [0.4, 0.5) is 0 Å². The molecule has 0 radical (unpaired) electrons. The molecular weight excluding hydrogens is 274 g/mol. The number of aliphatic hydroxyl groups excluding tert-OH is 1. The molecule has 132 valence electrons. The summed E-state index contributed by atoms with van der Waals surface area (Å²) in [5.74, 6) is 0. The van der Waals surface area contributed by atoms with Crippen LogP contribution in [0.15, 0.2) is 12.2 Å². The predicted octanol–water partition coefficient (Wildman–Crippen LogP) is 4.88. The number of nitrogens with one attached hydrogen (secondary N) is 1. The van der Waals surface area contributed by atoms with Crippen LogP contribution in [0.5, 0.6) is 0 Å². The average molecular weight is 314 g/mol. The summed E-state index contributed by atoms with van der Waals surface area (Å²) in [5.41, 5.74) is 0. The molecule has 0 bridgehead atoms. The Kier molecular flexibility index (Phi) is 18.3. The Morgan fingerprint density at radius 1 is 0.682 bits per heavy atom. The molecule has 0 aromatic carbocycles. The summed E-state index contributed by atoms with van der Waals surface area (Å²) in [6, 6.07) is 0. The Labute approximate surface area is 138 Å². The zero-order valence-electron chi connectivity index (χ0n) is 14.7. The van der Waals surface area contributed by atoms with Gasteiger partial charge in [0, 0.05) is 0 Å². The SMILES string of the molecule is CCCCCCCC/C=C\CCCCCCCCNC(O)O. The standard InChI is InChI=1S/C19H39NO2/c1-2-3-4-5-6-7-8-9-10-11-12-13-14-15-16-17-18-20-19(21)22/h9-10,19-22H,2-8,11-18H2,1H3/b10-9-. The van der Waals surface area contributed by atoms with Crippen LogP contribution in [0.25, 0.3) is 0 Å². The quantitative estimate of drug-likeness (QED) is 0.204. The van der Waals surface area contributed by atoms with Crippen molar-refractivity contribution in [2.24, 2.45) is 0 Å². The largest absolute Gasteiger partial charge is 0.356 e. The van der Waals surface area contributed by atoms with E-state index in [9.17, 15) is 0 Å². The van der Waals surface area contributed by atoms with Crippen molar-refractivity contribution in [1.82, 2.24) is 5.32 Å². The maximum atomic E-state index is 8.62. The fourth-order valence-corrected chi connectivity index (χ4v) is 2.60. The molecule has 0 rings (SSSR count). The predicted molar refractivity (Wildman–Crippen MR) is 95.7 cm³/mol. The highest BCUT2D eigenvalue weighted by Crippen LogP contribution is 2.09. The maximum Gasteiger partial charge on any atom is 0.210 e. The van der Waals surface area contributed by atoms with Crippen molar-refractivity contribution >= 4 is 0 Å². The van der Waals surface area contributed by atoms with Gasteiger partial charge in [-0.2, -0.15) is 0 Å². The van der Waals surface area contributed by atoms with Crippen molar-refractivity contribution in [3.8, 4) is 0 Å². The first-order chi connectivity index (χ1) is 10.8. The monoisotopic (exact) mass is 313 g/mol. The Hall–Kier alpha value is -0.380. The minimum absolute atomic E-state index is 0.693. The first kappa shape index (κ1) is 21.6. The van der Waals surface area contributed by atoms with Crippen LogP contribution in [-0.2, 0) is 0 Å². The molecular formula is C19H39NO2. The molecule has 3 nitrogen and oxygen atoms in total. The smallest absolute Gasteiger partial charge is 0.210 e. The van der Waals surface area contributed by atoms with Crippen LogP contribution in [-0.4, -0.2) is 23.2 Å². The van der Waals surface area contributed by atoms with E-state index in [0.29, 0.717) is 6.54 Å². The van der Waals surface area contributed by atoms with E-state index in [1.54, 1.807) is 0 Å².